The molecular formula is C9H11BrNO-. The molecule has 0 aliphatic carbocycles. The van der Waals surface area contributed by atoms with Crippen molar-refractivity contribution in [3.8, 4) is 0 Å². The highest BCUT2D eigenvalue weighted by atomic mass is 79.9. The number of amides is 1. The molecule has 3 heteroatoms. The number of halogens is 1. The van der Waals surface area contributed by atoms with Gasteiger partial charge >= 0.3 is 0 Å². The zero-order valence-corrected chi connectivity index (χ0v) is 8.71. The fourth-order valence-electron chi connectivity index (χ4n) is 0.839. The van der Waals surface area contributed by atoms with Gasteiger partial charge in [-0.2, -0.15) is 0 Å². The summed E-state index contributed by atoms with van der Waals surface area (Å²) in [5.41, 5.74) is 0.734. The van der Waals surface area contributed by atoms with Crippen molar-refractivity contribution >= 4 is 5.91 Å². The number of carbonyl (C=O) groups is 1. The Morgan fingerprint density at radius 1 is 1.17 bits per heavy atom. The molecule has 12 heavy (non-hydrogen) atoms. The molecule has 0 unspecified atom stereocenters. The maximum atomic E-state index is 11.3. The first-order valence-electron chi connectivity index (χ1n) is 3.48. The Labute approximate surface area is 83.0 Å². The first-order valence-corrected chi connectivity index (χ1v) is 3.48. The molecule has 66 valence electrons. The lowest BCUT2D eigenvalue weighted by Crippen LogP contribution is -3.00. The Kier molecular flexibility index (Phi) is 4.59. The molecule has 1 rings (SSSR count). The molecule has 0 heterocycles. The quantitative estimate of drug-likeness (QED) is 0.567. The Bertz CT molecular complexity index is 246. The smallest absolute Gasteiger partial charge is 0.253 e. The van der Waals surface area contributed by atoms with Crippen molar-refractivity contribution in [2.24, 2.45) is 0 Å². The number of nitrogens with zero attached hydrogens (tertiary/aromatic N) is 1. The van der Waals surface area contributed by atoms with Gasteiger partial charge in [0.05, 0.1) is 0 Å². The Balaban J connectivity index is 0.00000121. The van der Waals surface area contributed by atoms with E-state index in [0.717, 1.165) is 5.56 Å². The van der Waals surface area contributed by atoms with Gasteiger partial charge in [0.2, 0.25) is 0 Å². The van der Waals surface area contributed by atoms with Crippen LogP contribution in [0, 0.1) is 0 Å². The molecule has 0 saturated carbocycles. The molecule has 0 aliphatic heterocycles. The number of carbonyl (C=O) groups excluding carboxylic acids is 1. The number of hydrogen-bond donors (Lipinski definition) is 0. The number of benzene rings is 1. The second-order valence-corrected chi connectivity index (χ2v) is 2.57. The number of rotatable bonds is 1. The molecule has 0 aliphatic rings. The van der Waals surface area contributed by atoms with E-state index in [4.69, 9.17) is 0 Å². The van der Waals surface area contributed by atoms with E-state index in [0.29, 0.717) is 0 Å². The SMILES string of the molecule is CN(C)C(=O)c1ccccc1.[Br-]. The predicted octanol–water partition coefficient (Wildman–Crippen LogP) is -1.61. The molecular weight excluding hydrogens is 218 g/mol. The molecule has 0 N–H and O–H groups in total. The van der Waals surface area contributed by atoms with Crippen molar-refractivity contribution in [3.63, 3.8) is 0 Å². The summed E-state index contributed by atoms with van der Waals surface area (Å²) in [6.07, 6.45) is 0. The van der Waals surface area contributed by atoms with Crippen LogP contribution in [0.5, 0.6) is 0 Å². The molecule has 1 aromatic rings. The van der Waals surface area contributed by atoms with Gasteiger partial charge in [-0.05, 0) is 12.1 Å². The average Bonchev–Trinajstić information content (AvgIpc) is 2.05. The molecule has 0 saturated heterocycles. The van der Waals surface area contributed by atoms with E-state index >= 15 is 0 Å². The molecule has 2 nitrogen and oxygen atoms in total. The Morgan fingerprint density at radius 3 is 2.08 bits per heavy atom. The molecule has 0 bridgehead atoms. The summed E-state index contributed by atoms with van der Waals surface area (Å²) in [4.78, 5) is 12.8. The second-order valence-electron chi connectivity index (χ2n) is 2.57. The third kappa shape index (κ3) is 2.66. The van der Waals surface area contributed by atoms with Gasteiger partial charge in [0.15, 0.2) is 0 Å². The lowest BCUT2D eigenvalue weighted by Gasteiger charge is -2.08. The third-order valence-electron chi connectivity index (χ3n) is 1.43. The summed E-state index contributed by atoms with van der Waals surface area (Å²) in [6.45, 7) is 0. The maximum absolute atomic E-state index is 11.3. The Hall–Kier alpha value is -0.830. The predicted molar refractivity (Wildman–Crippen MR) is 44.5 cm³/mol. The van der Waals surface area contributed by atoms with Gasteiger partial charge in [-0.25, -0.2) is 0 Å². The highest BCUT2D eigenvalue weighted by molar-refractivity contribution is 5.93. The van der Waals surface area contributed by atoms with E-state index in [9.17, 15) is 4.79 Å². The fourth-order valence-corrected chi connectivity index (χ4v) is 0.839. The molecule has 0 aromatic heterocycles. The van der Waals surface area contributed by atoms with E-state index in [1.807, 2.05) is 30.3 Å². The van der Waals surface area contributed by atoms with Crippen molar-refractivity contribution in [2.75, 3.05) is 14.1 Å². The lowest BCUT2D eigenvalue weighted by molar-refractivity contribution is -0.0000110. The van der Waals surface area contributed by atoms with E-state index in [-0.39, 0.29) is 22.9 Å². The maximum Gasteiger partial charge on any atom is 0.253 e. The first-order chi connectivity index (χ1) is 5.22. The van der Waals surface area contributed by atoms with E-state index in [2.05, 4.69) is 0 Å². The molecule has 0 spiro atoms. The zero-order valence-electron chi connectivity index (χ0n) is 7.12. The van der Waals surface area contributed by atoms with Crippen LogP contribution in [0.1, 0.15) is 10.4 Å². The van der Waals surface area contributed by atoms with Crippen LogP contribution in [-0.4, -0.2) is 24.9 Å². The highest BCUT2D eigenvalue weighted by Crippen LogP contribution is 2.00. The van der Waals surface area contributed by atoms with Crippen molar-refractivity contribution in [1.29, 1.82) is 0 Å². The summed E-state index contributed by atoms with van der Waals surface area (Å²) in [7, 11) is 3.49. The summed E-state index contributed by atoms with van der Waals surface area (Å²) in [6, 6.07) is 9.23. The third-order valence-corrected chi connectivity index (χ3v) is 1.43. The molecule has 1 amide bonds. The van der Waals surface area contributed by atoms with Crippen molar-refractivity contribution in [2.45, 2.75) is 0 Å². The summed E-state index contributed by atoms with van der Waals surface area (Å²) < 4.78 is 0. The van der Waals surface area contributed by atoms with Crippen LogP contribution >= 0.6 is 0 Å². The second kappa shape index (κ2) is 4.93. The summed E-state index contributed by atoms with van der Waals surface area (Å²) in [5, 5.41) is 0. The van der Waals surface area contributed by atoms with Gasteiger partial charge < -0.3 is 21.9 Å². The first kappa shape index (κ1) is 11.2. The van der Waals surface area contributed by atoms with E-state index < -0.39 is 0 Å². The van der Waals surface area contributed by atoms with Crippen LogP contribution in [-0.2, 0) is 0 Å². The molecule has 0 atom stereocenters. The minimum absolute atomic E-state index is 0. The summed E-state index contributed by atoms with van der Waals surface area (Å²) in [5.74, 6) is 0.0469. The molecule has 0 radical (unpaired) electrons. The summed E-state index contributed by atoms with van der Waals surface area (Å²) >= 11 is 0. The monoisotopic (exact) mass is 228 g/mol. The topological polar surface area (TPSA) is 20.3 Å². The van der Waals surface area contributed by atoms with Crippen LogP contribution in [0.2, 0.25) is 0 Å². The standard InChI is InChI=1S/C9H11NO.BrH/c1-10(2)9(11)8-6-4-3-5-7-8;/h3-7H,1-2H3;1H/p-1. The van der Waals surface area contributed by atoms with Crippen LogP contribution in [0.25, 0.3) is 0 Å². The van der Waals surface area contributed by atoms with E-state index in [1.54, 1.807) is 19.0 Å². The van der Waals surface area contributed by atoms with Crippen LogP contribution in [0.3, 0.4) is 0 Å². The van der Waals surface area contributed by atoms with E-state index in [1.165, 1.54) is 0 Å². The zero-order chi connectivity index (χ0) is 8.27. The normalized spacial score (nSPS) is 8.50. The van der Waals surface area contributed by atoms with Gasteiger partial charge in [0.25, 0.3) is 5.91 Å². The van der Waals surface area contributed by atoms with Crippen molar-refractivity contribution in [3.05, 3.63) is 35.9 Å². The highest BCUT2D eigenvalue weighted by Gasteiger charge is 2.04. The molecule has 1 aromatic carbocycles. The number of hydrogen-bond acceptors (Lipinski definition) is 1. The van der Waals surface area contributed by atoms with Crippen LogP contribution in [0.15, 0.2) is 30.3 Å². The van der Waals surface area contributed by atoms with Crippen LogP contribution in [0.4, 0.5) is 0 Å². The minimum Gasteiger partial charge on any atom is -1.00 e. The van der Waals surface area contributed by atoms with Crippen LogP contribution < -0.4 is 17.0 Å². The van der Waals surface area contributed by atoms with Crippen molar-refractivity contribution in [1.82, 2.24) is 4.90 Å². The van der Waals surface area contributed by atoms with Gasteiger partial charge in [-0.1, -0.05) is 18.2 Å². The van der Waals surface area contributed by atoms with Gasteiger partial charge in [0, 0.05) is 19.7 Å². The lowest BCUT2D eigenvalue weighted by atomic mass is 10.2. The van der Waals surface area contributed by atoms with Gasteiger partial charge in [-0.15, -0.1) is 0 Å². The van der Waals surface area contributed by atoms with Crippen molar-refractivity contribution < 1.29 is 21.8 Å². The minimum atomic E-state index is 0. The fraction of sp³-hybridized carbons (Fsp3) is 0.222. The molecule has 0 fully saturated rings. The van der Waals surface area contributed by atoms with Gasteiger partial charge in [-0.3, -0.25) is 4.79 Å². The Morgan fingerprint density at radius 2 is 1.67 bits per heavy atom. The van der Waals surface area contributed by atoms with Gasteiger partial charge in [0.1, 0.15) is 0 Å². The largest absolute Gasteiger partial charge is 1.00 e. The average molecular weight is 229 g/mol.